The predicted octanol–water partition coefficient (Wildman–Crippen LogP) is 2.59. The molecule has 3 nitrogen and oxygen atoms in total. The lowest BCUT2D eigenvalue weighted by atomic mass is 10.1. The maximum Gasteiger partial charge on any atom is 0.115 e. The Labute approximate surface area is 98.8 Å². The summed E-state index contributed by atoms with van der Waals surface area (Å²) >= 11 is 1.76. The molecule has 4 heteroatoms. The van der Waals surface area contributed by atoms with Crippen LogP contribution in [0.5, 0.6) is 0 Å². The molecule has 0 spiro atoms. The number of thiophene rings is 1. The highest BCUT2D eigenvalue weighted by Gasteiger charge is 2.07. The van der Waals surface area contributed by atoms with Gasteiger partial charge in [-0.05, 0) is 30.7 Å². The van der Waals surface area contributed by atoms with Crippen molar-refractivity contribution in [3.63, 3.8) is 0 Å². The molecule has 0 amide bonds. The second kappa shape index (κ2) is 5.72. The van der Waals surface area contributed by atoms with Crippen LogP contribution in [-0.2, 0) is 6.42 Å². The number of aliphatic hydroxyl groups excluding tert-OH is 1. The Hall–Kier alpha value is -1.26. The van der Waals surface area contributed by atoms with Gasteiger partial charge >= 0.3 is 0 Å². The highest BCUT2D eigenvalue weighted by molar-refractivity contribution is 7.09. The lowest BCUT2D eigenvalue weighted by Crippen LogP contribution is -1.99. The standard InChI is InChI=1S/C12H14N2OS/c15-12(10-7-13-9-14-8-10)5-1-3-11-4-2-6-16-11/h2,4,6-9,12,15H,1,3,5H2. The van der Waals surface area contributed by atoms with Crippen LogP contribution < -0.4 is 0 Å². The van der Waals surface area contributed by atoms with Crippen LogP contribution in [0.4, 0.5) is 0 Å². The van der Waals surface area contributed by atoms with E-state index in [0.29, 0.717) is 0 Å². The molecule has 2 aromatic heterocycles. The zero-order chi connectivity index (χ0) is 11.2. The van der Waals surface area contributed by atoms with E-state index in [1.807, 2.05) is 0 Å². The maximum absolute atomic E-state index is 9.87. The summed E-state index contributed by atoms with van der Waals surface area (Å²) in [5.41, 5.74) is 0.800. The van der Waals surface area contributed by atoms with E-state index in [1.54, 1.807) is 23.7 Å². The van der Waals surface area contributed by atoms with Crippen LogP contribution in [0.25, 0.3) is 0 Å². The molecule has 0 aliphatic carbocycles. The SMILES string of the molecule is OC(CCCc1cccs1)c1cncnc1. The van der Waals surface area contributed by atoms with E-state index >= 15 is 0 Å². The van der Waals surface area contributed by atoms with E-state index in [9.17, 15) is 5.11 Å². The monoisotopic (exact) mass is 234 g/mol. The normalized spacial score (nSPS) is 12.6. The summed E-state index contributed by atoms with van der Waals surface area (Å²) < 4.78 is 0. The Morgan fingerprint density at radius 2 is 2.12 bits per heavy atom. The highest BCUT2D eigenvalue weighted by Crippen LogP contribution is 2.19. The number of hydrogen-bond donors (Lipinski definition) is 1. The van der Waals surface area contributed by atoms with Gasteiger partial charge in [-0.3, -0.25) is 0 Å². The van der Waals surface area contributed by atoms with E-state index in [-0.39, 0.29) is 0 Å². The van der Waals surface area contributed by atoms with Crippen LogP contribution in [0.2, 0.25) is 0 Å². The van der Waals surface area contributed by atoms with Crippen molar-refractivity contribution in [2.45, 2.75) is 25.4 Å². The van der Waals surface area contributed by atoms with Gasteiger partial charge in [-0.15, -0.1) is 11.3 Å². The quantitative estimate of drug-likeness (QED) is 0.865. The maximum atomic E-state index is 9.87. The number of nitrogens with zero attached hydrogens (tertiary/aromatic N) is 2. The van der Waals surface area contributed by atoms with Gasteiger partial charge in [-0.1, -0.05) is 6.07 Å². The fraction of sp³-hybridized carbons (Fsp3) is 0.333. The van der Waals surface area contributed by atoms with Crippen molar-refractivity contribution in [1.82, 2.24) is 9.97 Å². The summed E-state index contributed by atoms with van der Waals surface area (Å²) in [5.74, 6) is 0. The fourth-order valence-electron chi connectivity index (χ4n) is 1.57. The van der Waals surface area contributed by atoms with Gasteiger partial charge in [0.25, 0.3) is 0 Å². The molecule has 1 N–H and O–H groups in total. The van der Waals surface area contributed by atoms with Gasteiger partial charge in [0, 0.05) is 22.8 Å². The Morgan fingerprint density at radius 3 is 2.81 bits per heavy atom. The first-order chi connectivity index (χ1) is 7.86. The summed E-state index contributed by atoms with van der Waals surface area (Å²) in [7, 11) is 0. The Morgan fingerprint density at radius 1 is 1.31 bits per heavy atom. The molecule has 2 rings (SSSR count). The summed E-state index contributed by atoms with van der Waals surface area (Å²) in [5, 5.41) is 12.0. The van der Waals surface area contributed by atoms with Gasteiger partial charge in [-0.25, -0.2) is 9.97 Å². The number of aromatic nitrogens is 2. The van der Waals surface area contributed by atoms with Crippen LogP contribution in [0.3, 0.4) is 0 Å². The lowest BCUT2D eigenvalue weighted by molar-refractivity contribution is 0.164. The van der Waals surface area contributed by atoms with Crippen LogP contribution in [-0.4, -0.2) is 15.1 Å². The predicted molar refractivity (Wildman–Crippen MR) is 64.2 cm³/mol. The number of hydrogen-bond acceptors (Lipinski definition) is 4. The van der Waals surface area contributed by atoms with Crippen molar-refractivity contribution in [2.75, 3.05) is 0 Å². The first-order valence-corrected chi connectivity index (χ1v) is 6.19. The summed E-state index contributed by atoms with van der Waals surface area (Å²) in [6.45, 7) is 0. The van der Waals surface area contributed by atoms with Crippen LogP contribution in [0.15, 0.2) is 36.2 Å². The molecule has 0 aliphatic rings. The molecule has 0 fully saturated rings. The van der Waals surface area contributed by atoms with Crippen molar-refractivity contribution in [3.8, 4) is 0 Å². The largest absolute Gasteiger partial charge is 0.388 e. The van der Waals surface area contributed by atoms with E-state index < -0.39 is 6.10 Å². The molecule has 0 saturated heterocycles. The molecule has 0 aliphatic heterocycles. The van der Waals surface area contributed by atoms with Gasteiger partial charge in [0.2, 0.25) is 0 Å². The van der Waals surface area contributed by atoms with E-state index in [4.69, 9.17) is 0 Å². The minimum absolute atomic E-state index is 0.443. The van der Waals surface area contributed by atoms with Crippen molar-refractivity contribution in [3.05, 3.63) is 46.7 Å². The summed E-state index contributed by atoms with van der Waals surface area (Å²) in [4.78, 5) is 9.16. The van der Waals surface area contributed by atoms with E-state index in [0.717, 1.165) is 24.8 Å². The number of rotatable bonds is 5. The zero-order valence-corrected chi connectivity index (χ0v) is 9.73. The van der Waals surface area contributed by atoms with Crippen molar-refractivity contribution >= 4 is 11.3 Å². The first kappa shape index (κ1) is 11.2. The first-order valence-electron chi connectivity index (χ1n) is 5.31. The third-order valence-corrected chi connectivity index (χ3v) is 3.38. The highest BCUT2D eigenvalue weighted by atomic mass is 32.1. The molecule has 1 unspecified atom stereocenters. The molecule has 2 aromatic rings. The third-order valence-electron chi connectivity index (χ3n) is 2.45. The van der Waals surface area contributed by atoms with Gasteiger partial charge in [0.15, 0.2) is 0 Å². The molecule has 0 radical (unpaired) electrons. The average Bonchev–Trinajstić information content (AvgIpc) is 2.83. The van der Waals surface area contributed by atoms with Crippen LogP contribution in [0, 0.1) is 0 Å². The van der Waals surface area contributed by atoms with Gasteiger partial charge in [0.05, 0.1) is 6.10 Å². The van der Waals surface area contributed by atoms with Gasteiger partial charge in [-0.2, -0.15) is 0 Å². The molecule has 0 aromatic carbocycles. The molecule has 0 saturated carbocycles. The fourth-order valence-corrected chi connectivity index (χ4v) is 2.33. The van der Waals surface area contributed by atoms with Crippen molar-refractivity contribution in [1.29, 1.82) is 0 Å². The van der Waals surface area contributed by atoms with Crippen LogP contribution in [0.1, 0.15) is 29.4 Å². The smallest absolute Gasteiger partial charge is 0.115 e. The molecular weight excluding hydrogens is 220 g/mol. The molecule has 16 heavy (non-hydrogen) atoms. The number of aryl methyl sites for hydroxylation is 1. The van der Waals surface area contributed by atoms with Crippen molar-refractivity contribution in [2.24, 2.45) is 0 Å². The molecule has 84 valence electrons. The third kappa shape index (κ3) is 3.12. The molecule has 1 atom stereocenters. The van der Waals surface area contributed by atoms with Gasteiger partial charge < -0.3 is 5.11 Å². The summed E-state index contributed by atoms with van der Waals surface area (Å²) in [6.07, 6.45) is 7.14. The Balaban J connectivity index is 1.78. The second-order valence-corrected chi connectivity index (χ2v) is 4.69. The van der Waals surface area contributed by atoms with E-state index in [1.165, 1.54) is 11.2 Å². The zero-order valence-electron chi connectivity index (χ0n) is 8.91. The Bertz CT molecular complexity index is 402. The Kier molecular flexibility index (Phi) is 4.02. The van der Waals surface area contributed by atoms with Crippen LogP contribution >= 0.6 is 11.3 Å². The molecule has 0 bridgehead atoms. The van der Waals surface area contributed by atoms with Crippen molar-refractivity contribution < 1.29 is 5.11 Å². The lowest BCUT2D eigenvalue weighted by Gasteiger charge is -2.08. The minimum atomic E-state index is -0.443. The minimum Gasteiger partial charge on any atom is -0.388 e. The summed E-state index contributed by atoms with van der Waals surface area (Å²) in [6, 6.07) is 4.18. The van der Waals surface area contributed by atoms with E-state index in [2.05, 4.69) is 27.5 Å². The van der Waals surface area contributed by atoms with Gasteiger partial charge in [0.1, 0.15) is 6.33 Å². The molecular formula is C12H14N2OS. The average molecular weight is 234 g/mol. The molecule has 2 heterocycles. The topological polar surface area (TPSA) is 46.0 Å². The number of aliphatic hydroxyl groups is 1. The second-order valence-electron chi connectivity index (χ2n) is 3.66.